The van der Waals surface area contributed by atoms with Crippen LogP contribution in [0.25, 0.3) is 0 Å². The molecular formula is C17H25N3O7. The zero-order chi connectivity index (χ0) is 20.2. The first kappa shape index (κ1) is 21.9. The van der Waals surface area contributed by atoms with Crippen molar-refractivity contribution in [1.29, 1.82) is 0 Å². The smallest absolute Gasteiger partial charge is 0.411 e. The number of amides is 3. The lowest BCUT2D eigenvalue weighted by Gasteiger charge is -2.18. The Hall–Kier alpha value is -3.17. The molecule has 3 N–H and O–H groups in total. The fraction of sp³-hybridized carbons (Fsp3) is 0.471. The molecule has 0 aliphatic heterocycles. The van der Waals surface area contributed by atoms with Crippen LogP contribution in [0.4, 0.5) is 31.4 Å². The zero-order valence-corrected chi connectivity index (χ0v) is 15.8. The summed E-state index contributed by atoms with van der Waals surface area (Å²) in [4.78, 5) is 35.4. The number of carbonyl (C=O) groups is 3. The van der Waals surface area contributed by atoms with Gasteiger partial charge in [0.1, 0.15) is 0 Å². The van der Waals surface area contributed by atoms with Crippen molar-refractivity contribution in [1.82, 2.24) is 0 Å². The maximum Gasteiger partial charge on any atom is 0.411 e. The molecular weight excluding hydrogens is 358 g/mol. The summed E-state index contributed by atoms with van der Waals surface area (Å²) in [6, 6.07) is 2.91. The molecule has 0 unspecified atom stereocenters. The highest BCUT2D eigenvalue weighted by Gasteiger charge is 2.18. The second-order valence-corrected chi connectivity index (χ2v) is 4.87. The number of rotatable bonds is 8. The zero-order valence-electron chi connectivity index (χ0n) is 15.8. The normalized spacial score (nSPS) is 9.78. The number of benzene rings is 1. The molecule has 0 aromatic heterocycles. The van der Waals surface area contributed by atoms with Crippen LogP contribution in [0.1, 0.15) is 27.7 Å². The summed E-state index contributed by atoms with van der Waals surface area (Å²) in [6.45, 7) is 7.52. The molecule has 0 heterocycles. The molecule has 1 aromatic rings. The van der Waals surface area contributed by atoms with Gasteiger partial charge in [-0.05, 0) is 39.8 Å². The largest absolute Gasteiger partial charge is 0.489 e. The van der Waals surface area contributed by atoms with Gasteiger partial charge in [0, 0.05) is 5.69 Å². The maximum atomic E-state index is 11.8. The first-order chi connectivity index (χ1) is 12.9. The van der Waals surface area contributed by atoms with E-state index in [-0.39, 0.29) is 49.2 Å². The summed E-state index contributed by atoms with van der Waals surface area (Å²) in [5, 5.41) is 7.54. The van der Waals surface area contributed by atoms with Gasteiger partial charge in [-0.15, -0.1) is 0 Å². The molecule has 0 bridgehead atoms. The third-order valence-electron chi connectivity index (χ3n) is 2.92. The van der Waals surface area contributed by atoms with Crippen LogP contribution < -0.4 is 20.7 Å². The van der Waals surface area contributed by atoms with Gasteiger partial charge in [0.05, 0.1) is 37.8 Å². The van der Waals surface area contributed by atoms with E-state index in [1.54, 1.807) is 27.7 Å². The fourth-order valence-corrected chi connectivity index (χ4v) is 2.03. The topological polar surface area (TPSA) is 124 Å². The SMILES string of the molecule is CCOC(=O)Nc1cc(NC(=O)OCC)c(OCC)c(NC(=O)OCC)c1. The average molecular weight is 383 g/mol. The van der Waals surface area contributed by atoms with Crippen LogP contribution >= 0.6 is 0 Å². The molecule has 0 fully saturated rings. The van der Waals surface area contributed by atoms with Gasteiger partial charge in [-0.2, -0.15) is 0 Å². The molecule has 0 spiro atoms. The molecule has 10 nitrogen and oxygen atoms in total. The number of carbonyl (C=O) groups excluding carboxylic acids is 3. The van der Waals surface area contributed by atoms with Crippen molar-refractivity contribution >= 4 is 35.3 Å². The summed E-state index contributed by atoms with van der Waals surface area (Å²) in [7, 11) is 0. The predicted molar refractivity (Wildman–Crippen MR) is 99.5 cm³/mol. The van der Waals surface area contributed by atoms with Crippen LogP contribution in [0.5, 0.6) is 5.75 Å². The van der Waals surface area contributed by atoms with Crippen molar-refractivity contribution in [3.63, 3.8) is 0 Å². The summed E-state index contributed by atoms with van der Waals surface area (Å²) < 4.78 is 20.1. The van der Waals surface area contributed by atoms with E-state index in [1.165, 1.54) is 12.1 Å². The molecule has 10 heteroatoms. The summed E-state index contributed by atoms with van der Waals surface area (Å²) >= 11 is 0. The minimum Gasteiger partial charge on any atom is -0.489 e. The first-order valence-electron chi connectivity index (χ1n) is 8.57. The van der Waals surface area contributed by atoms with E-state index in [0.29, 0.717) is 0 Å². The second kappa shape index (κ2) is 11.4. The lowest BCUT2D eigenvalue weighted by Crippen LogP contribution is -2.19. The molecule has 1 aromatic carbocycles. The van der Waals surface area contributed by atoms with E-state index >= 15 is 0 Å². The van der Waals surface area contributed by atoms with Gasteiger partial charge in [-0.3, -0.25) is 16.0 Å². The summed E-state index contributed by atoms with van der Waals surface area (Å²) in [5.74, 6) is 0.188. The van der Waals surface area contributed by atoms with Gasteiger partial charge in [0.2, 0.25) is 0 Å². The highest BCUT2D eigenvalue weighted by molar-refractivity contribution is 5.97. The summed E-state index contributed by atoms with van der Waals surface area (Å²) in [6.07, 6.45) is -2.12. The van der Waals surface area contributed by atoms with Crippen LogP contribution in [0.2, 0.25) is 0 Å². The predicted octanol–water partition coefficient (Wildman–Crippen LogP) is 3.79. The van der Waals surface area contributed by atoms with Gasteiger partial charge in [0.25, 0.3) is 0 Å². The quantitative estimate of drug-likeness (QED) is 0.583. The molecule has 0 saturated heterocycles. The lowest BCUT2D eigenvalue weighted by molar-refractivity contribution is 0.167. The molecule has 1 rings (SSSR count). The van der Waals surface area contributed by atoms with Gasteiger partial charge in [-0.25, -0.2) is 14.4 Å². The Morgan fingerprint density at radius 2 is 1.11 bits per heavy atom. The molecule has 27 heavy (non-hydrogen) atoms. The number of anilines is 3. The standard InChI is InChI=1S/C17H25N3O7/c1-5-24-14-12(19-16(22)26-7-3)9-11(18-15(21)25-6-2)10-13(14)20-17(23)27-8-4/h9-10H,5-8H2,1-4H3,(H,18,21)(H,19,22)(H,20,23). The Labute approximate surface area is 157 Å². The van der Waals surface area contributed by atoms with E-state index in [9.17, 15) is 14.4 Å². The van der Waals surface area contributed by atoms with Crippen molar-refractivity contribution in [3.05, 3.63) is 12.1 Å². The Bertz CT molecular complexity index is 623. The molecule has 3 amide bonds. The van der Waals surface area contributed by atoms with E-state index in [0.717, 1.165) is 0 Å². The molecule has 0 radical (unpaired) electrons. The van der Waals surface area contributed by atoms with Crippen LogP contribution in [-0.2, 0) is 14.2 Å². The molecule has 0 atom stereocenters. The van der Waals surface area contributed by atoms with Gasteiger partial charge in [-0.1, -0.05) is 0 Å². The van der Waals surface area contributed by atoms with E-state index < -0.39 is 18.3 Å². The van der Waals surface area contributed by atoms with E-state index in [4.69, 9.17) is 18.9 Å². The highest BCUT2D eigenvalue weighted by Crippen LogP contribution is 2.37. The van der Waals surface area contributed by atoms with Crippen molar-refractivity contribution in [2.45, 2.75) is 27.7 Å². The van der Waals surface area contributed by atoms with Crippen LogP contribution in [0.3, 0.4) is 0 Å². The van der Waals surface area contributed by atoms with Crippen molar-refractivity contribution in [2.24, 2.45) is 0 Å². The Morgan fingerprint density at radius 1 is 0.704 bits per heavy atom. The third kappa shape index (κ3) is 7.30. The number of hydrogen-bond acceptors (Lipinski definition) is 7. The molecule has 0 saturated carbocycles. The van der Waals surface area contributed by atoms with Crippen molar-refractivity contribution < 1.29 is 33.3 Å². The van der Waals surface area contributed by atoms with Crippen molar-refractivity contribution in [3.8, 4) is 5.75 Å². The van der Waals surface area contributed by atoms with Gasteiger partial charge < -0.3 is 18.9 Å². The fourth-order valence-electron chi connectivity index (χ4n) is 2.03. The third-order valence-corrected chi connectivity index (χ3v) is 2.92. The van der Waals surface area contributed by atoms with Gasteiger partial charge >= 0.3 is 18.3 Å². The Morgan fingerprint density at radius 3 is 1.48 bits per heavy atom. The second-order valence-electron chi connectivity index (χ2n) is 4.87. The summed E-state index contributed by atoms with van der Waals surface area (Å²) in [5.41, 5.74) is 0.642. The van der Waals surface area contributed by atoms with E-state index in [2.05, 4.69) is 16.0 Å². The maximum absolute atomic E-state index is 11.8. The van der Waals surface area contributed by atoms with Crippen molar-refractivity contribution in [2.75, 3.05) is 42.4 Å². The van der Waals surface area contributed by atoms with E-state index in [1.807, 2.05) is 0 Å². The van der Waals surface area contributed by atoms with Crippen LogP contribution in [0, 0.1) is 0 Å². The number of hydrogen-bond donors (Lipinski definition) is 3. The molecule has 0 aliphatic carbocycles. The van der Waals surface area contributed by atoms with Gasteiger partial charge in [0.15, 0.2) is 5.75 Å². The highest BCUT2D eigenvalue weighted by atomic mass is 16.6. The Balaban J connectivity index is 3.29. The first-order valence-corrected chi connectivity index (χ1v) is 8.57. The minimum absolute atomic E-state index is 0.171. The monoisotopic (exact) mass is 383 g/mol. The lowest BCUT2D eigenvalue weighted by atomic mass is 10.2. The van der Waals surface area contributed by atoms with Crippen LogP contribution in [0.15, 0.2) is 12.1 Å². The Kier molecular flexibility index (Phi) is 9.27. The molecule has 150 valence electrons. The average Bonchev–Trinajstić information content (AvgIpc) is 2.58. The number of ether oxygens (including phenoxy) is 4. The van der Waals surface area contributed by atoms with Crippen LogP contribution in [-0.4, -0.2) is 44.7 Å². The number of nitrogens with one attached hydrogen (secondary N) is 3. The minimum atomic E-state index is -0.714. The molecule has 0 aliphatic rings.